The molecular formula is C15H12BrCl3. The quantitative estimate of drug-likeness (QED) is 0.542. The third-order valence-electron chi connectivity index (χ3n) is 3.01. The van der Waals surface area contributed by atoms with Gasteiger partial charge < -0.3 is 0 Å². The Bertz CT molecular complexity index is 569. The predicted molar refractivity (Wildman–Crippen MR) is 88.2 cm³/mol. The molecule has 0 spiro atoms. The van der Waals surface area contributed by atoms with Gasteiger partial charge in [-0.1, -0.05) is 75.0 Å². The van der Waals surface area contributed by atoms with E-state index in [1.54, 1.807) is 6.07 Å². The highest BCUT2D eigenvalue weighted by atomic mass is 79.9. The van der Waals surface area contributed by atoms with E-state index >= 15 is 0 Å². The average Bonchev–Trinajstić information content (AvgIpc) is 2.39. The van der Waals surface area contributed by atoms with Gasteiger partial charge in [-0.2, -0.15) is 0 Å². The van der Waals surface area contributed by atoms with Gasteiger partial charge in [-0.3, -0.25) is 0 Å². The standard InChI is InChI=1S/C15H12BrCl3/c16-9-11(13-3-1-2-4-14(13)18)7-10-5-6-12(17)8-15(10)19/h1-6,8,11H,7,9H2. The fourth-order valence-corrected chi connectivity index (χ4v) is 3.36. The van der Waals surface area contributed by atoms with E-state index in [4.69, 9.17) is 34.8 Å². The summed E-state index contributed by atoms with van der Waals surface area (Å²) < 4.78 is 0. The molecule has 0 fully saturated rings. The van der Waals surface area contributed by atoms with Crippen LogP contribution in [0.15, 0.2) is 42.5 Å². The molecule has 0 saturated heterocycles. The molecule has 2 aromatic carbocycles. The lowest BCUT2D eigenvalue weighted by Gasteiger charge is -2.17. The fourth-order valence-electron chi connectivity index (χ4n) is 2.01. The van der Waals surface area contributed by atoms with Crippen LogP contribution in [-0.2, 0) is 6.42 Å². The van der Waals surface area contributed by atoms with E-state index in [1.807, 2.05) is 30.3 Å². The van der Waals surface area contributed by atoms with Crippen molar-refractivity contribution in [3.05, 3.63) is 68.7 Å². The summed E-state index contributed by atoms with van der Waals surface area (Å²) in [6, 6.07) is 13.5. The number of hydrogen-bond donors (Lipinski definition) is 0. The van der Waals surface area contributed by atoms with Crippen LogP contribution in [0.5, 0.6) is 0 Å². The molecule has 19 heavy (non-hydrogen) atoms. The van der Waals surface area contributed by atoms with Crippen LogP contribution >= 0.6 is 50.7 Å². The molecule has 0 aliphatic carbocycles. The summed E-state index contributed by atoms with van der Waals surface area (Å²) in [5, 5.41) is 2.97. The van der Waals surface area contributed by atoms with Gasteiger partial charge in [-0.25, -0.2) is 0 Å². The molecule has 0 aliphatic heterocycles. The normalized spacial score (nSPS) is 12.4. The Balaban J connectivity index is 2.27. The van der Waals surface area contributed by atoms with E-state index < -0.39 is 0 Å². The maximum Gasteiger partial charge on any atom is 0.0453 e. The Kier molecular flexibility index (Phi) is 5.58. The van der Waals surface area contributed by atoms with Crippen LogP contribution in [0.4, 0.5) is 0 Å². The molecule has 0 aromatic heterocycles. The molecule has 100 valence electrons. The zero-order chi connectivity index (χ0) is 13.8. The molecule has 0 amide bonds. The summed E-state index contributed by atoms with van der Waals surface area (Å²) in [5.41, 5.74) is 2.21. The van der Waals surface area contributed by atoms with E-state index in [0.29, 0.717) is 10.0 Å². The molecule has 0 heterocycles. The van der Waals surface area contributed by atoms with Crippen molar-refractivity contribution in [1.82, 2.24) is 0 Å². The minimum absolute atomic E-state index is 0.285. The summed E-state index contributed by atoms with van der Waals surface area (Å²) in [6.07, 6.45) is 0.824. The van der Waals surface area contributed by atoms with Gasteiger partial charge in [0.15, 0.2) is 0 Å². The summed E-state index contributed by atoms with van der Waals surface area (Å²) in [7, 11) is 0. The molecule has 1 atom stereocenters. The summed E-state index contributed by atoms with van der Waals surface area (Å²) >= 11 is 21.9. The molecule has 0 nitrogen and oxygen atoms in total. The average molecular weight is 379 g/mol. The van der Waals surface area contributed by atoms with Gasteiger partial charge in [-0.05, 0) is 41.7 Å². The third-order valence-corrected chi connectivity index (χ3v) is 4.73. The number of halogens is 4. The second kappa shape index (κ2) is 6.99. The summed E-state index contributed by atoms with van der Waals surface area (Å²) in [4.78, 5) is 0. The first-order chi connectivity index (χ1) is 9.11. The fraction of sp³-hybridized carbons (Fsp3) is 0.200. The first-order valence-corrected chi connectivity index (χ1v) is 8.11. The number of alkyl halides is 1. The lowest BCUT2D eigenvalue weighted by Crippen LogP contribution is -2.05. The van der Waals surface area contributed by atoms with Gasteiger partial charge in [-0.15, -0.1) is 0 Å². The molecular weight excluding hydrogens is 366 g/mol. The maximum atomic E-state index is 6.25. The summed E-state index contributed by atoms with van der Waals surface area (Å²) in [6.45, 7) is 0. The van der Waals surface area contributed by atoms with Crippen molar-refractivity contribution in [3.8, 4) is 0 Å². The van der Waals surface area contributed by atoms with Crippen molar-refractivity contribution in [2.24, 2.45) is 0 Å². The van der Waals surface area contributed by atoms with Gasteiger partial charge in [0.05, 0.1) is 0 Å². The van der Waals surface area contributed by atoms with Crippen LogP contribution in [-0.4, -0.2) is 5.33 Å². The maximum absolute atomic E-state index is 6.25. The Morgan fingerprint density at radius 3 is 2.32 bits per heavy atom. The van der Waals surface area contributed by atoms with E-state index in [-0.39, 0.29) is 5.92 Å². The smallest absolute Gasteiger partial charge is 0.0453 e. The number of benzene rings is 2. The van der Waals surface area contributed by atoms with Crippen LogP contribution in [0.3, 0.4) is 0 Å². The molecule has 1 unspecified atom stereocenters. The molecule has 0 aliphatic rings. The summed E-state index contributed by atoms with van der Waals surface area (Å²) in [5.74, 6) is 0.285. The Hall–Kier alpha value is -0.210. The van der Waals surface area contributed by atoms with Crippen molar-refractivity contribution in [2.45, 2.75) is 12.3 Å². The Labute approximate surface area is 136 Å². The zero-order valence-corrected chi connectivity index (χ0v) is 13.9. The SMILES string of the molecule is Clc1ccc(CC(CBr)c2ccccc2Cl)c(Cl)c1. The van der Waals surface area contributed by atoms with Crippen molar-refractivity contribution in [1.29, 1.82) is 0 Å². The topological polar surface area (TPSA) is 0 Å². The van der Waals surface area contributed by atoms with Crippen molar-refractivity contribution in [2.75, 3.05) is 5.33 Å². The molecule has 2 rings (SSSR count). The highest BCUT2D eigenvalue weighted by Gasteiger charge is 2.15. The van der Waals surface area contributed by atoms with Crippen LogP contribution in [0, 0.1) is 0 Å². The largest absolute Gasteiger partial charge is 0.0921 e. The van der Waals surface area contributed by atoms with Gasteiger partial charge in [0.1, 0.15) is 0 Å². The Morgan fingerprint density at radius 1 is 0.947 bits per heavy atom. The first kappa shape index (κ1) is 15.2. The molecule has 2 aromatic rings. The second-order valence-electron chi connectivity index (χ2n) is 4.31. The minimum atomic E-state index is 0.285. The van der Waals surface area contributed by atoms with Crippen molar-refractivity contribution in [3.63, 3.8) is 0 Å². The van der Waals surface area contributed by atoms with Gasteiger partial charge >= 0.3 is 0 Å². The van der Waals surface area contributed by atoms with Crippen molar-refractivity contribution >= 4 is 50.7 Å². The van der Waals surface area contributed by atoms with Crippen LogP contribution in [0.1, 0.15) is 17.0 Å². The molecule has 0 saturated carbocycles. The molecule has 0 radical (unpaired) electrons. The zero-order valence-electron chi connectivity index (χ0n) is 10.0. The van der Waals surface area contributed by atoms with Crippen LogP contribution < -0.4 is 0 Å². The molecule has 4 heteroatoms. The second-order valence-corrected chi connectivity index (χ2v) is 6.21. The monoisotopic (exact) mass is 376 g/mol. The van der Waals surface area contributed by atoms with E-state index in [9.17, 15) is 0 Å². The third kappa shape index (κ3) is 3.88. The lowest BCUT2D eigenvalue weighted by atomic mass is 9.93. The van der Waals surface area contributed by atoms with Crippen molar-refractivity contribution < 1.29 is 0 Å². The molecule has 0 bridgehead atoms. The van der Waals surface area contributed by atoms with E-state index in [0.717, 1.165) is 27.9 Å². The van der Waals surface area contributed by atoms with Gasteiger partial charge in [0.2, 0.25) is 0 Å². The van der Waals surface area contributed by atoms with Crippen LogP contribution in [0.25, 0.3) is 0 Å². The Morgan fingerprint density at radius 2 is 1.68 bits per heavy atom. The predicted octanol–water partition coefficient (Wildman–Crippen LogP) is 6.37. The van der Waals surface area contributed by atoms with Gasteiger partial charge in [0.25, 0.3) is 0 Å². The van der Waals surface area contributed by atoms with Gasteiger partial charge in [0, 0.05) is 20.4 Å². The highest BCUT2D eigenvalue weighted by Crippen LogP contribution is 2.31. The first-order valence-electron chi connectivity index (χ1n) is 5.86. The molecule has 0 N–H and O–H groups in total. The van der Waals surface area contributed by atoms with E-state index in [2.05, 4.69) is 22.0 Å². The lowest BCUT2D eigenvalue weighted by molar-refractivity contribution is 0.776. The van der Waals surface area contributed by atoms with Crippen LogP contribution in [0.2, 0.25) is 15.1 Å². The highest BCUT2D eigenvalue weighted by molar-refractivity contribution is 9.09. The minimum Gasteiger partial charge on any atom is -0.0921 e. The number of rotatable bonds is 4. The van der Waals surface area contributed by atoms with E-state index in [1.165, 1.54) is 0 Å². The number of hydrogen-bond acceptors (Lipinski definition) is 0.